The van der Waals surface area contributed by atoms with Crippen LogP contribution in [0.25, 0.3) is 0 Å². The summed E-state index contributed by atoms with van der Waals surface area (Å²) in [5, 5.41) is 4.15. The monoisotopic (exact) mass is 328 g/mol. The first kappa shape index (κ1) is 16.6. The van der Waals surface area contributed by atoms with E-state index >= 15 is 0 Å². The van der Waals surface area contributed by atoms with Gasteiger partial charge in [0.25, 0.3) is 0 Å². The number of carbonyl (C=O) groups is 1. The fourth-order valence-corrected chi connectivity index (χ4v) is 3.43. The zero-order chi connectivity index (χ0) is 15.5. The molecule has 1 aliphatic carbocycles. The van der Waals surface area contributed by atoms with Crippen molar-refractivity contribution in [3.63, 3.8) is 0 Å². The second kappa shape index (κ2) is 6.99. The lowest BCUT2D eigenvalue weighted by Gasteiger charge is -2.42. The standard InChI is InChI=1S/C16H22Cl2N2O/c1-11-4-2-3-7-16(11,10-19)20-15(21)9-12-5-6-13(17)14(18)8-12/h5-6,8,11H,2-4,7,9-10,19H2,1H3,(H,20,21). The van der Waals surface area contributed by atoms with E-state index in [0.717, 1.165) is 24.8 Å². The minimum atomic E-state index is -0.258. The first-order valence-corrected chi connectivity index (χ1v) is 8.17. The Bertz CT molecular complexity index is 521. The molecule has 5 heteroatoms. The van der Waals surface area contributed by atoms with E-state index in [4.69, 9.17) is 28.9 Å². The van der Waals surface area contributed by atoms with Crippen molar-refractivity contribution in [1.82, 2.24) is 5.32 Å². The molecule has 0 saturated heterocycles. The Balaban J connectivity index is 2.04. The number of halogens is 2. The Hall–Kier alpha value is -0.770. The van der Waals surface area contributed by atoms with Crippen LogP contribution in [0.5, 0.6) is 0 Å². The normalized spacial score (nSPS) is 25.6. The largest absolute Gasteiger partial charge is 0.349 e. The Labute approximate surface area is 136 Å². The quantitative estimate of drug-likeness (QED) is 0.887. The number of hydrogen-bond donors (Lipinski definition) is 2. The second-order valence-corrected chi connectivity index (χ2v) is 6.79. The molecule has 2 rings (SSSR count). The number of benzene rings is 1. The topological polar surface area (TPSA) is 55.1 Å². The minimum Gasteiger partial charge on any atom is -0.349 e. The molecule has 1 fully saturated rings. The highest BCUT2D eigenvalue weighted by Crippen LogP contribution is 2.33. The average Bonchev–Trinajstić information content (AvgIpc) is 2.45. The van der Waals surface area contributed by atoms with E-state index in [1.54, 1.807) is 12.1 Å². The molecular weight excluding hydrogens is 307 g/mol. The van der Waals surface area contributed by atoms with E-state index in [9.17, 15) is 4.79 Å². The van der Waals surface area contributed by atoms with Gasteiger partial charge in [-0.1, -0.05) is 49.0 Å². The van der Waals surface area contributed by atoms with Gasteiger partial charge >= 0.3 is 0 Å². The summed E-state index contributed by atoms with van der Waals surface area (Å²) in [6, 6.07) is 5.28. The highest BCUT2D eigenvalue weighted by molar-refractivity contribution is 6.42. The molecule has 2 atom stereocenters. The lowest BCUT2D eigenvalue weighted by atomic mass is 9.73. The third kappa shape index (κ3) is 3.91. The van der Waals surface area contributed by atoms with Gasteiger partial charge in [-0.2, -0.15) is 0 Å². The molecule has 116 valence electrons. The summed E-state index contributed by atoms with van der Waals surface area (Å²) in [6.07, 6.45) is 4.70. The summed E-state index contributed by atoms with van der Waals surface area (Å²) in [4.78, 5) is 12.3. The molecule has 1 aromatic rings. The first-order chi connectivity index (χ1) is 9.97. The summed E-state index contributed by atoms with van der Waals surface area (Å²) in [5.74, 6) is 0.404. The molecule has 1 saturated carbocycles. The summed E-state index contributed by atoms with van der Waals surface area (Å²) in [5.41, 5.74) is 6.56. The van der Waals surface area contributed by atoms with Gasteiger partial charge in [0, 0.05) is 6.54 Å². The Kier molecular flexibility index (Phi) is 5.53. The van der Waals surface area contributed by atoms with Crippen molar-refractivity contribution in [3.05, 3.63) is 33.8 Å². The third-order valence-corrected chi connectivity index (χ3v) is 5.29. The highest BCUT2D eigenvalue weighted by Gasteiger charge is 2.38. The summed E-state index contributed by atoms with van der Waals surface area (Å²) >= 11 is 11.9. The Morgan fingerprint density at radius 1 is 1.38 bits per heavy atom. The molecular formula is C16H22Cl2N2O. The summed E-state index contributed by atoms with van der Waals surface area (Å²) in [7, 11) is 0. The molecule has 0 heterocycles. The van der Waals surface area contributed by atoms with Gasteiger partial charge in [0.05, 0.1) is 22.0 Å². The Morgan fingerprint density at radius 3 is 2.76 bits per heavy atom. The minimum absolute atomic E-state index is 0.00686. The van der Waals surface area contributed by atoms with E-state index in [1.807, 2.05) is 6.07 Å². The van der Waals surface area contributed by atoms with E-state index in [2.05, 4.69) is 12.2 Å². The van der Waals surface area contributed by atoms with Gasteiger partial charge in [-0.05, 0) is 36.5 Å². The molecule has 1 amide bonds. The number of nitrogens with one attached hydrogen (secondary N) is 1. The molecule has 0 aliphatic heterocycles. The average molecular weight is 329 g/mol. The van der Waals surface area contributed by atoms with Crippen molar-refractivity contribution in [1.29, 1.82) is 0 Å². The molecule has 2 unspecified atom stereocenters. The highest BCUT2D eigenvalue weighted by atomic mass is 35.5. The molecule has 1 aliphatic rings. The molecule has 0 spiro atoms. The maximum Gasteiger partial charge on any atom is 0.224 e. The fourth-order valence-electron chi connectivity index (χ4n) is 3.11. The van der Waals surface area contributed by atoms with Gasteiger partial charge in [-0.25, -0.2) is 0 Å². The van der Waals surface area contributed by atoms with E-state index in [0.29, 0.717) is 28.9 Å². The zero-order valence-corrected chi connectivity index (χ0v) is 13.8. The lowest BCUT2D eigenvalue weighted by Crippen LogP contribution is -2.59. The van der Waals surface area contributed by atoms with Crippen molar-refractivity contribution in [2.24, 2.45) is 11.7 Å². The smallest absolute Gasteiger partial charge is 0.224 e. The molecule has 0 bridgehead atoms. The van der Waals surface area contributed by atoms with E-state index < -0.39 is 0 Å². The number of carbonyl (C=O) groups excluding carboxylic acids is 1. The first-order valence-electron chi connectivity index (χ1n) is 7.42. The predicted octanol–water partition coefficient (Wildman–Crippen LogP) is 3.56. The van der Waals surface area contributed by atoms with Gasteiger partial charge in [0.1, 0.15) is 0 Å². The summed E-state index contributed by atoms with van der Waals surface area (Å²) in [6.45, 7) is 2.66. The van der Waals surface area contributed by atoms with Crippen molar-refractivity contribution in [3.8, 4) is 0 Å². The van der Waals surface area contributed by atoms with Crippen molar-refractivity contribution in [2.45, 2.75) is 44.6 Å². The molecule has 21 heavy (non-hydrogen) atoms. The third-order valence-electron chi connectivity index (χ3n) is 4.55. The van der Waals surface area contributed by atoms with E-state index in [-0.39, 0.29) is 11.4 Å². The van der Waals surface area contributed by atoms with Crippen LogP contribution in [0.1, 0.15) is 38.2 Å². The number of hydrogen-bond acceptors (Lipinski definition) is 2. The predicted molar refractivity (Wildman–Crippen MR) is 87.7 cm³/mol. The van der Waals surface area contributed by atoms with Gasteiger partial charge in [0.2, 0.25) is 5.91 Å². The molecule has 3 nitrogen and oxygen atoms in total. The van der Waals surface area contributed by atoms with Gasteiger partial charge in [0.15, 0.2) is 0 Å². The molecule has 3 N–H and O–H groups in total. The molecule has 0 radical (unpaired) electrons. The number of rotatable bonds is 4. The van der Waals surface area contributed by atoms with Gasteiger partial charge < -0.3 is 11.1 Å². The van der Waals surface area contributed by atoms with Crippen molar-refractivity contribution < 1.29 is 4.79 Å². The molecule has 0 aromatic heterocycles. The maximum absolute atomic E-state index is 12.3. The van der Waals surface area contributed by atoms with E-state index in [1.165, 1.54) is 6.42 Å². The SMILES string of the molecule is CC1CCCCC1(CN)NC(=O)Cc1ccc(Cl)c(Cl)c1. The number of amides is 1. The number of nitrogens with two attached hydrogens (primary N) is 1. The van der Waals surface area contributed by atoms with Crippen LogP contribution in [0.4, 0.5) is 0 Å². The van der Waals surface area contributed by atoms with Gasteiger partial charge in [-0.3, -0.25) is 4.79 Å². The van der Waals surface area contributed by atoms with Gasteiger partial charge in [-0.15, -0.1) is 0 Å². The van der Waals surface area contributed by atoms with Crippen LogP contribution < -0.4 is 11.1 Å². The van der Waals surface area contributed by atoms with Crippen LogP contribution in [-0.4, -0.2) is 18.0 Å². The van der Waals surface area contributed by atoms with Crippen molar-refractivity contribution >= 4 is 29.1 Å². The van der Waals surface area contributed by atoms with Crippen LogP contribution in [0, 0.1) is 5.92 Å². The molecule has 1 aromatic carbocycles. The summed E-state index contributed by atoms with van der Waals surface area (Å²) < 4.78 is 0. The van der Waals surface area contributed by atoms with Crippen LogP contribution in [0.3, 0.4) is 0 Å². The van der Waals surface area contributed by atoms with Crippen molar-refractivity contribution in [2.75, 3.05) is 6.54 Å². The van der Waals surface area contributed by atoms with Crippen LogP contribution >= 0.6 is 23.2 Å². The fraction of sp³-hybridized carbons (Fsp3) is 0.562. The lowest BCUT2D eigenvalue weighted by molar-refractivity contribution is -0.123. The Morgan fingerprint density at radius 2 is 2.14 bits per heavy atom. The van der Waals surface area contributed by atoms with Crippen LogP contribution in [0.2, 0.25) is 10.0 Å². The maximum atomic E-state index is 12.3. The van der Waals surface area contributed by atoms with Crippen LogP contribution in [-0.2, 0) is 11.2 Å². The zero-order valence-electron chi connectivity index (χ0n) is 12.3. The second-order valence-electron chi connectivity index (χ2n) is 5.98. The van der Waals surface area contributed by atoms with Crippen LogP contribution in [0.15, 0.2) is 18.2 Å².